The van der Waals surface area contributed by atoms with Crippen molar-refractivity contribution in [2.24, 2.45) is 0 Å². The van der Waals surface area contributed by atoms with E-state index in [2.05, 4.69) is 23.6 Å². The summed E-state index contributed by atoms with van der Waals surface area (Å²) >= 11 is 0. The highest BCUT2D eigenvalue weighted by atomic mass is 15.6. The molecular formula is C16H30N4+2. The van der Waals surface area contributed by atoms with Gasteiger partial charge in [0, 0.05) is 25.9 Å². The van der Waals surface area contributed by atoms with E-state index in [9.17, 15) is 0 Å². The van der Waals surface area contributed by atoms with E-state index in [1.54, 1.807) is 11.6 Å². The molecule has 4 rings (SSSR count). The molecule has 0 N–H and O–H groups in total. The lowest BCUT2D eigenvalue weighted by atomic mass is 10.0. The number of quaternary nitrogens is 2. The molecule has 20 heavy (non-hydrogen) atoms. The van der Waals surface area contributed by atoms with Gasteiger partial charge >= 0.3 is 0 Å². The van der Waals surface area contributed by atoms with Gasteiger partial charge in [-0.25, -0.2) is 0 Å². The quantitative estimate of drug-likeness (QED) is 0.701. The van der Waals surface area contributed by atoms with Crippen molar-refractivity contribution in [2.75, 3.05) is 65.4 Å². The van der Waals surface area contributed by atoms with Gasteiger partial charge in [-0.05, 0) is 13.8 Å². The monoisotopic (exact) mass is 278 g/mol. The van der Waals surface area contributed by atoms with Crippen molar-refractivity contribution in [3.05, 3.63) is 11.6 Å². The molecule has 2 unspecified atom stereocenters. The summed E-state index contributed by atoms with van der Waals surface area (Å²) in [7, 11) is 0. The molecule has 0 aliphatic carbocycles. The first-order valence-corrected chi connectivity index (χ1v) is 8.72. The van der Waals surface area contributed by atoms with Crippen molar-refractivity contribution < 1.29 is 8.97 Å². The van der Waals surface area contributed by atoms with Crippen molar-refractivity contribution in [3.8, 4) is 0 Å². The second-order valence-corrected chi connectivity index (χ2v) is 7.15. The molecule has 2 saturated heterocycles. The Morgan fingerprint density at radius 3 is 1.55 bits per heavy atom. The van der Waals surface area contributed by atoms with Gasteiger partial charge in [0.2, 0.25) is 0 Å². The summed E-state index contributed by atoms with van der Waals surface area (Å²) in [5.41, 5.74) is 0. The maximum absolute atomic E-state index is 2.76. The van der Waals surface area contributed by atoms with Crippen LogP contribution in [0.5, 0.6) is 0 Å². The highest BCUT2D eigenvalue weighted by molar-refractivity contribution is 5.10. The van der Waals surface area contributed by atoms with E-state index in [1.807, 2.05) is 0 Å². The van der Waals surface area contributed by atoms with Crippen LogP contribution in [0.4, 0.5) is 0 Å². The van der Waals surface area contributed by atoms with Crippen LogP contribution < -0.4 is 0 Å². The molecule has 2 atom stereocenters. The average molecular weight is 278 g/mol. The normalized spacial score (nSPS) is 39.9. The van der Waals surface area contributed by atoms with Crippen LogP contribution in [0.3, 0.4) is 0 Å². The molecular weight excluding hydrogens is 248 g/mol. The van der Waals surface area contributed by atoms with Crippen LogP contribution in [-0.2, 0) is 0 Å². The Labute approximate surface area is 123 Å². The van der Waals surface area contributed by atoms with Crippen LogP contribution in [0.1, 0.15) is 26.7 Å². The lowest BCUT2D eigenvalue weighted by Gasteiger charge is -2.59. The van der Waals surface area contributed by atoms with Crippen LogP contribution in [0.2, 0.25) is 0 Å². The molecule has 0 radical (unpaired) electrons. The minimum atomic E-state index is 1.28. The molecule has 4 aliphatic rings. The van der Waals surface area contributed by atoms with Gasteiger partial charge in [0.25, 0.3) is 11.6 Å². The highest BCUT2D eigenvalue weighted by Crippen LogP contribution is 2.43. The fourth-order valence-electron chi connectivity index (χ4n) is 5.29. The largest absolute Gasteiger partial charge is 0.316 e. The Hall–Kier alpha value is -0.740. The third-order valence-electron chi connectivity index (χ3n) is 6.53. The van der Waals surface area contributed by atoms with Crippen molar-refractivity contribution in [1.29, 1.82) is 0 Å². The molecule has 0 bridgehead atoms. The van der Waals surface area contributed by atoms with Gasteiger partial charge in [0.15, 0.2) is 0 Å². The van der Waals surface area contributed by atoms with Crippen molar-refractivity contribution in [1.82, 2.24) is 9.80 Å². The van der Waals surface area contributed by atoms with Crippen LogP contribution in [-0.4, -0.2) is 84.2 Å². The smallest absolute Gasteiger partial charge is 0.285 e. The highest BCUT2D eigenvalue weighted by Gasteiger charge is 2.56. The predicted molar refractivity (Wildman–Crippen MR) is 80.5 cm³/mol. The zero-order chi connectivity index (χ0) is 13.8. The first-order valence-electron chi connectivity index (χ1n) is 8.72. The summed E-state index contributed by atoms with van der Waals surface area (Å²) in [5.74, 6) is 3.47. The van der Waals surface area contributed by atoms with Gasteiger partial charge in [-0.15, -0.1) is 0 Å². The molecule has 2 fully saturated rings. The number of likely N-dealkylation sites (N-methyl/N-ethyl adjacent to an activating group) is 2. The summed E-state index contributed by atoms with van der Waals surface area (Å²) in [5, 5.41) is 0. The van der Waals surface area contributed by atoms with Crippen LogP contribution in [0.25, 0.3) is 0 Å². The summed E-state index contributed by atoms with van der Waals surface area (Å²) in [6.45, 7) is 18.0. The molecule has 0 saturated carbocycles. The second-order valence-electron chi connectivity index (χ2n) is 7.15. The average Bonchev–Trinajstić information content (AvgIpc) is 2.52. The molecule has 112 valence electrons. The molecule has 0 aromatic heterocycles. The topological polar surface area (TPSA) is 6.48 Å². The maximum atomic E-state index is 2.76. The van der Waals surface area contributed by atoms with Crippen molar-refractivity contribution in [2.45, 2.75) is 26.7 Å². The lowest BCUT2D eigenvalue weighted by Crippen LogP contribution is -2.72. The number of nitrogens with zero attached hydrogens (tertiary/aromatic N) is 4. The van der Waals surface area contributed by atoms with Gasteiger partial charge < -0.3 is 9.80 Å². The molecule has 4 heteroatoms. The third-order valence-corrected chi connectivity index (χ3v) is 6.53. The van der Waals surface area contributed by atoms with Crippen LogP contribution >= 0.6 is 0 Å². The van der Waals surface area contributed by atoms with Crippen LogP contribution in [0.15, 0.2) is 11.6 Å². The molecule has 0 aromatic rings. The SMILES string of the molecule is CC[N+]12CCCN3CC[N+]4(CC)CCCN(CC1)C4=C32. The van der Waals surface area contributed by atoms with Gasteiger partial charge in [-0.2, -0.15) is 0 Å². The molecule has 4 nitrogen and oxygen atoms in total. The van der Waals surface area contributed by atoms with Gasteiger partial charge in [-0.1, -0.05) is 0 Å². The van der Waals surface area contributed by atoms with E-state index < -0.39 is 0 Å². The summed E-state index contributed by atoms with van der Waals surface area (Å²) in [6.07, 6.45) is 2.77. The van der Waals surface area contributed by atoms with E-state index in [4.69, 9.17) is 0 Å². The van der Waals surface area contributed by atoms with Gasteiger partial charge in [0.05, 0.1) is 39.3 Å². The van der Waals surface area contributed by atoms with E-state index in [-0.39, 0.29) is 0 Å². The molecule has 0 spiro atoms. The number of rotatable bonds is 2. The first kappa shape index (κ1) is 13.0. The Bertz CT molecular complexity index is 406. The number of hydrogen-bond donors (Lipinski definition) is 0. The van der Waals surface area contributed by atoms with Crippen molar-refractivity contribution >= 4 is 0 Å². The Balaban J connectivity index is 1.91. The second kappa shape index (κ2) is 4.38. The molecule has 4 aliphatic heterocycles. The van der Waals surface area contributed by atoms with E-state index >= 15 is 0 Å². The summed E-state index contributed by atoms with van der Waals surface area (Å²) < 4.78 is 2.57. The lowest BCUT2D eigenvalue weighted by molar-refractivity contribution is -0.953. The Morgan fingerprint density at radius 1 is 0.700 bits per heavy atom. The molecule has 4 heterocycles. The first-order chi connectivity index (χ1) is 9.75. The van der Waals surface area contributed by atoms with Crippen LogP contribution in [0, 0.1) is 0 Å². The zero-order valence-corrected chi connectivity index (χ0v) is 13.3. The maximum Gasteiger partial charge on any atom is 0.285 e. The Morgan fingerprint density at radius 2 is 1.15 bits per heavy atom. The van der Waals surface area contributed by atoms with Gasteiger partial charge in [0.1, 0.15) is 13.1 Å². The summed E-state index contributed by atoms with van der Waals surface area (Å²) in [4.78, 5) is 5.51. The van der Waals surface area contributed by atoms with E-state index in [1.165, 1.54) is 87.3 Å². The fraction of sp³-hybridized carbons (Fsp3) is 0.875. The minimum Gasteiger partial charge on any atom is -0.316 e. The Kier molecular flexibility index (Phi) is 2.84. The summed E-state index contributed by atoms with van der Waals surface area (Å²) in [6, 6.07) is 0. The predicted octanol–water partition coefficient (Wildman–Crippen LogP) is 1.23. The van der Waals surface area contributed by atoms with E-state index in [0.29, 0.717) is 0 Å². The minimum absolute atomic E-state index is 1.28. The van der Waals surface area contributed by atoms with Gasteiger partial charge in [-0.3, -0.25) is 8.97 Å². The molecule has 0 aromatic carbocycles. The zero-order valence-electron chi connectivity index (χ0n) is 13.3. The molecule has 0 amide bonds. The number of hydrogen-bond acceptors (Lipinski definition) is 2. The standard InChI is InChI=1S/C16H30N4/c1-3-19-11-5-7-17-10-14-20(4-2)12-6-8-18(9-13-19)16(20)15(17)19/h3-14H2,1-2H3/q+2. The fourth-order valence-corrected chi connectivity index (χ4v) is 5.29. The third kappa shape index (κ3) is 1.49. The van der Waals surface area contributed by atoms with Crippen molar-refractivity contribution in [3.63, 3.8) is 0 Å². The van der Waals surface area contributed by atoms with E-state index in [0.717, 1.165) is 0 Å².